The van der Waals surface area contributed by atoms with Gasteiger partial charge in [-0.15, -0.1) is 0 Å². The number of unbranched alkanes of at least 4 members (excludes halogenated alkanes) is 2. The van der Waals surface area contributed by atoms with Gasteiger partial charge in [-0.1, -0.05) is 24.6 Å². The Morgan fingerprint density at radius 2 is 1.65 bits per heavy atom. The highest BCUT2D eigenvalue weighted by atomic mass is 16.5. The molecule has 4 N–H and O–H groups in total. The molecule has 1 aromatic carbocycles. The van der Waals surface area contributed by atoms with Crippen molar-refractivity contribution in [2.75, 3.05) is 45.2 Å². The highest BCUT2D eigenvalue weighted by Gasteiger charge is 2.10. The van der Waals surface area contributed by atoms with Crippen LogP contribution < -0.4 is 15.4 Å². The molecular weight excluding hydrogens is 436 g/mol. The number of likely N-dealkylation sites (N-methyl/N-ethyl adjacent to an activating group) is 1. The van der Waals surface area contributed by atoms with E-state index in [9.17, 15) is 9.59 Å². The van der Waals surface area contributed by atoms with E-state index >= 15 is 0 Å². The second-order valence-corrected chi connectivity index (χ2v) is 7.62. The molecule has 186 valence electrons. The maximum absolute atomic E-state index is 9.55. The van der Waals surface area contributed by atoms with Crippen LogP contribution in [-0.2, 0) is 16.1 Å². The summed E-state index contributed by atoms with van der Waals surface area (Å²) >= 11 is 0. The number of methoxy groups -OCH3 is 1. The SMILES string of the molecule is COc1ccc(CN(CCN(C)CCCCCN)c2ccccn2)cc1.O=C(O)/C=C\C(=O)O. The molecule has 0 spiro atoms. The van der Waals surface area contributed by atoms with Crippen LogP contribution in [0.1, 0.15) is 24.8 Å². The van der Waals surface area contributed by atoms with E-state index in [0.29, 0.717) is 12.2 Å². The Labute approximate surface area is 201 Å². The molecule has 0 bridgehead atoms. The van der Waals surface area contributed by atoms with E-state index in [2.05, 4.69) is 40.0 Å². The fourth-order valence-electron chi connectivity index (χ4n) is 3.02. The van der Waals surface area contributed by atoms with Crippen LogP contribution in [0.25, 0.3) is 0 Å². The minimum Gasteiger partial charge on any atom is -0.497 e. The second-order valence-electron chi connectivity index (χ2n) is 7.62. The number of carbonyl (C=O) groups is 2. The minimum absolute atomic E-state index is 0.558. The number of nitrogens with two attached hydrogens (primary N) is 1. The molecule has 1 aromatic heterocycles. The van der Waals surface area contributed by atoms with Gasteiger partial charge in [-0.2, -0.15) is 0 Å². The fraction of sp³-hybridized carbons (Fsp3) is 0.400. The van der Waals surface area contributed by atoms with E-state index < -0.39 is 11.9 Å². The predicted molar refractivity (Wildman–Crippen MR) is 133 cm³/mol. The van der Waals surface area contributed by atoms with Gasteiger partial charge < -0.3 is 30.5 Å². The second kappa shape index (κ2) is 17.1. The van der Waals surface area contributed by atoms with Crippen LogP contribution in [0.2, 0.25) is 0 Å². The first-order valence-electron chi connectivity index (χ1n) is 11.2. The van der Waals surface area contributed by atoms with Gasteiger partial charge in [-0.25, -0.2) is 14.6 Å². The largest absolute Gasteiger partial charge is 0.497 e. The number of hydrogen-bond acceptors (Lipinski definition) is 7. The fourth-order valence-corrected chi connectivity index (χ4v) is 3.02. The van der Waals surface area contributed by atoms with Crippen LogP contribution in [0.5, 0.6) is 5.75 Å². The van der Waals surface area contributed by atoms with E-state index in [1.807, 2.05) is 30.5 Å². The first kappa shape index (κ1) is 28.6. The third kappa shape index (κ3) is 13.2. The number of nitrogens with zero attached hydrogens (tertiary/aromatic N) is 3. The monoisotopic (exact) mass is 472 g/mol. The number of hydrogen-bond donors (Lipinski definition) is 3. The Morgan fingerprint density at radius 3 is 2.18 bits per heavy atom. The van der Waals surface area contributed by atoms with Gasteiger partial charge in [0.2, 0.25) is 0 Å². The van der Waals surface area contributed by atoms with Crippen molar-refractivity contribution < 1.29 is 24.5 Å². The molecule has 34 heavy (non-hydrogen) atoms. The van der Waals surface area contributed by atoms with Crippen molar-refractivity contribution in [2.45, 2.75) is 25.8 Å². The van der Waals surface area contributed by atoms with Crippen molar-refractivity contribution in [3.05, 3.63) is 66.4 Å². The van der Waals surface area contributed by atoms with E-state index in [1.54, 1.807) is 7.11 Å². The van der Waals surface area contributed by atoms with Crippen molar-refractivity contribution in [1.29, 1.82) is 0 Å². The molecular formula is C25H36N4O5. The van der Waals surface area contributed by atoms with Gasteiger partial charge in [0.25, 0.3) is 0 Å². The Hall–Kier alpha value is -3.43. The number of rotatable bonds is 14. The predicted octanol–water partition coefficient (Wildman–Crippen LogP) is 2.87. The standard InChI is InChI=1S/C21H32N4O.C4H4O4/c1-24(15-7-3-5-13-22)16-17-25(21-8-4-6-14-23-21)18-19-9-11-20(26-2)12-10-19;5-3(6)1-2-4(7)8/h4,6,8-12,14H,3,5,7,13,15-18,22H2,1-2H3;1-2H,(H,5,6)(H,7,8)/b;2-1-. The molecule has 0 radical (unpaired) electrons. The van der Waals surface area contributed by atoms with Gasteiger partial charge in [0, 0.05) is 38.0 Å². The summed E-state index contributed by atoms with van der Waals surface area (Å²) in [5.74, 6) is -0.616. The number of carboxylic acid groups (broad SMARTS) is 2. The molecule has 9 nitrogen and oxygen atoms in total. The summed E-state index contributed by atoms with van der Waals surface area (Å²) in [5, 5.41) is 15.6. The van der Waals surface area contributed by atoms with Crippen molar-refractivity contribution in [1.82, 2.24) is 9.88 Å². The molecule has 9 heteroatoms. The summed E-state index contributed by atoms with van der Waals surface area (Å²) in [6, 6.07) is 14.3. The highest BCUT2D eigenvalue weighted by molar-refractivity contribution is 5.89. The summed E-state index contributed by atoms with van der Waals surface area (Å²) in [4.78, 5) is 28.4. The molecule has 1 heterocycles. The molecule has 0 amide bonds. The smallest absolute Gasteiger partial charge is 0.328 e. The van der Waals surface area contributed by atoms with Crippen LogP contribution in [0, 0.1) is 0 Å². The van der Waals surface area contributed by atoms with E-state index in [0.717, 1.165) is 50.7 Å². The molecule has 0 aliphatic carbocycles. The quantitative estimate of drug-likeness (QED) is 0.281. The molecule has 2 aromatic rings. The number of benzene rings is 1. The lowest BCUT2D eigenvalue weighted by molar-refractivity contribution is -0.134. The number of carboxylic acids is 2. The van der Waals surface area contributed by atoms with E-state index in [1.165, 1.54) is 18.4 Å². The summed E-state index contributed by atoms with van der Waals surface area (Å²) in [7, 11) is 3.88. The van der Waals surface area contributed by atoms with Crippen molar-refractivity contribution in [2.24, 2.45) is 5.73 Å². The topological polar surface area (TPSA) is 129 Å². The van der Waals surface area contributed by atoms with Crippen LogP contribution >= 0.6 is 0 Å². The average molecular weight is 473 g/mol. The number of anilines is 1. The van der Waals surface area contributed by atoms with Gasteiger partial charge in [-0.3, -0.25) is 0 Å². The lowest BCUT2D eigenvalue weighted by Gasteiger charge is -2.27. The molecule has 0 saturated heterocycles. The number of pyridine rings is 1. The van der Waals surface area contributed by atoms with Crippen LogP contribution in [0.15, 0.2) is 60.8 Å². The zero-order chi connectivity index (χ0) is 25.2. The van der Waals surface area contributed by atoms with E-state index in [-0.39, 0.29) is 0 Å². The maximum atomic E-state index is 9.55. The zero-order valence-electron chi connectivity index (χ0n) is 20.0. The molecule has 0 aliphatic rings. The maximum Gasteiger partial charge on any atom is 0.328 e. The lowest BCUT2D eigenvalue weighted by atomic mass is 10.2. The first-order valence-corrected chi connectivity index (χ1v) is 11.2. The first-order chi connectivity index (χ1) is 16.3. The highest BCUT2D eigenvalue weighted by Crippen LogP contribution is 2.17. The Balaban J connectivity index is 0.000000620. The van der Waals surface area contributed by atoms with Gasteiger partial charge in [0.15, 0.2) is 0 Å². The van der Waals surface area contributed by atoms with Gasteiger partial charge in [0.1, 0.15) is 11.6 Å². The van der Waals surface area contributed by atoms with Crippen LogP contribution in [-0.4, -0.2) is 72.4 Å². The summed E-state index contributed by atoms with van der Waals surface area (Å²) in [6.07, 6.45) is 6.50. The number of aromatic nitrogens is 1. The van der Waals surface area contributed by atoms with Crippen molar-refractivity contribution >= 4 is 17.8 Å². The summed E-state index contributed by atoms with van der Waals surface area (Å²) < 4.78 is 5.25. The Bertz CT molecular complexity index is 843. The third-order valence-corrected chi connectivity index (χ3v) is 4.87. The molecule has 0 atom stereocenters. The molecule has 0 fully saturated rings. The molecule has 0 saturated carbocycles. The average Bonchev–Trinajstić information content (AvgIpc) is 2.84. The van der Waals surface area contributed by atoms with Crippen molar-refractivity contribution in [3.8, 4) is 5.75 Å². The third-order valence-electron chi connectivity index (χ3n) is 4.87. The summed E-state index contributed by atoms with van der Waals surface area (Å²) in [6.45, 7) is 4.69. The van der Waals surface area contributed by atoms with E-state index in [4.69, 9.17) is 20.7 Å². The van der Waals surface area contributed by atoms with Crippen LogP contribution in [0.4, 0.5) is 5.82 Å². The minimum atomic E-state index is -1.26. The Kier molecular flexibility index (Phi) is 14.4. The van der Waals surface area contributed by atoms with Gasteiger partial charge >= 0.3 is 11.9 Å². The normalized spacial score (nSPS) is 10.6. The lowest BCUT2D eigenvalue weighted by Crippen LogP contribution is -2.34. The van der Waals surface area contributed by atoms with Crippen molar-refractivity contribution in [3.63, 3.8) is 0 Å². The number of ether oxygens (including phenoxy) is 1. The van der Waals surface area contributed by atoms with Crippen LogP contribution in [0.3, 0.4) is 0 Å². The van der Waals surface area contributed by atoms with Gasteiger partial charge in [0.05, 0.1) is 7.11 Å². The molecule has 0 aliphatic heterocycles. The zero-order valence-corrected chi connectivity index (χ0v) is 20.0. The van der Waals surface area contributed by atoms with Gasteiger partial charge in [-0.05, 0) is 62.8 Å². The number of aliphatic carboxylic acids is 2. The molecule has 0 unspecified atom stereocenters. The molecule has 2 rings (SSSR count). The Morgan fingerprint density at radius 1 is 0.971 bits per heavy atom. The summed E-state index contributed by atoms with van der Waals surface area (Å²) in [5.41, 5.74) is 6.82.